The summed E-state index contributed by atoms with van der Waals surface area (Å²) >= 11 is 1.75. The largest absolute Gasteiger partial charge is 0.465 e. The van der Waals surface area contributed by atoms with Gasteiger partial charge in [-0.25, -0.2) is 9.59 Å². The molecule has 1 atom stereocenters. The van der Waals surface area contributed by atoms with Crippen LogP contribution in [0.4, 0.5) is 10.5 Å². The maximum atomic E-state index is 13.4. The second-order valence-corrected chi connectivity index (χ2v) is 9.69. The Morgan fingerprint density at radius 3 is 2.58 bits per heavy atom. The standard InChI is InChI=1S/C28H33N3O4S/c1-34-27(32)23-9-5-10-24(21-23)29-28(33)31(15-14-30-16-18-35-19-17-30)13-12-25(26-11-6-20-36-26)22-7-3-2-4-8-22/h2-11,20-21,25H,12-19H2,1H3,(H,29,33). The van der Waals surface area contributed by atoms with Crippen molar-refractivity contribution in [1.82, 2.24) is 9.80 Å². The van der Waals surface area contributed by atoms with Gasteiger partial charge in [-0.05, 0) is 41.6 Å². The Hall–Kier alpha value is -3.20. The van der Waals surface area contributed by atoms with E-state index in [0.29, 0.717) is 24.3 Å². The van der Waals surface area contributed by atoms with E-state index in [1.165, 1.54) is 17.6 Å². The lowest BCUT2D eigenvalue weighted by Crippen LogP contribution is -2.44. The number of benzene rings is 2. The number of nitrogens with zero attached hydrogens (tertiary/aromatic N) is 2. The molecule has 8 heteroatoms. The maximum absolute atomic E-state index is 13.4. The molecule has 36 heavy (non-hydrogen) atoms. The van der Waals surface area contributed by atoms with E-state index in [9.17, 15) is 9.59 Å². The van der Waals surface area contributed by atoms with E-state index in [4.69, 9.17) is 9.47 Å². The molecule has 1 saturated heterocycles. The molecule has 7 nitrogen and oxygen atoms in total. The minimum Gasteiger partial charge on any atom is -0.465 e. The van der Waals surface area contributed by atoms with Gasteiger partial charge in [0.15, 0.2) is 0 Å². The van der Waals surface area contributed by atoms with Crippen LogP contribution < -0.4 is 5.32 Å². The van der Waals surface area contributed by atoms with Gasteiger partial charge in [-0.2, -0.15) is 0 Å². The van der Waals surface area contributed by atoms with Crippen LogP contribution in [0, 0.1) is 0 Å². The molecule has 1 N–H and O–H groups in total. The first-order valence-electron chi connectivity index (χ1n) is 12.3. The fraction of sp³-hybridized carbons (Fsp3) is 0.357. The van der Waals surface area contributed by atoms with Crippen LogP contribution >= 0.6 is 11.3 Å². The first kappa shape index (κ1) is 25.9. The van der Waals surface area contributed by atoms with Crippen LogP contribution in [0.3, 0.4) is 0 Å². The molecule has 0 bridgehead atoms. The number of esters is 1. The van der Waals surface area contributed by atoms with Crippen molar-refractivity contribution in [2.45, 2.75) is 12.3 Å². The first-order valence-corrected chi connectivity index (χ1v) is 13.1. The number of hydrogen-bond donors (Lipinski definition) is 1. The zero-order chi connectivity index (χ0) is 25.2. The van der Waals surface area contributed by atoms with Crippen LogP contribution in [0.25, 0.3) is 0 Å². The number of amides is 2. The third-order valence-electron chi connectivity index (χ3n) is 6.39. The summed E-state index contributed by atoms with van der Waals surface area (Å²) in [4.78, 5) is 30.9. The van der Waals surface area contributed by atoms with Gasteiger partial charge >= 0.3 is 12.0 Å². The lowest BCUT2D eigenvalue weighted by atomic mass is 9.94. The molecule has 0 aliphatic carbocycles. The van der Waals surface area contributed by atoms with Crippen molar-refractivity contribution in [3.05, 3.63) is 88.1 Å². The number of nitrogens with one attached hydrogen (secondary N) is 1. The van der Waals surface area contributed by atoms with E-state index < -0.39 is 5.97 Å². The predicted molar refractivity (Wildman–Crippen MR) is 143 cm³/mol. The van der Waals surface area contributed by atoms with E-state index in [1.54, 1.807) is 35.6 Å². The number of morpholine rings is 1. The highest BCUT2D eigenvalue weighted by Gasteiger charge is 2.21. The van der Waals surface area contributed by atoms with Crippen LogP contribution in [0.5, 0.6) is 0 Å². The predicted octanol–water partition coefficient (Wildman–Crippen LogP) is 4.92. The van der Waals surface area contributed by atoms with Crippen molar-refractivity contribution in [1.29, 1.82) is 0 Å². The molecule has 1 aromatic heterocycles. The monoisotopic (exact) mass is 507 g/mol. The van der Waals surface area contributed by atoms with Crippen molar-refractivity contribution in [2.75, 3.05) is 58.4 Å². The lowest BCUT2D eigenvalue weighted by Gasteiger charge is -2.31. The lowest BCUT2D eigenvalue weighted by molar-refractivity contribution is 0.0351. The van der Waals surface area contributed by atoms with Crippen molar-refractivity contribution >= 4 is 29.0 Å². The Balaban J connectivity index is 1.48. The van der Waals surface area contributed by atoms with Crippen molar-refractivity contribution in [3.8, 4) is 0 Å². The van der Waals surface area contributed by atoms with Gasteiger partial charge in [0, 0.05) is 49.2 Å². The van der Waals surface area contributed by atoms with Gasteiger partial charge in [0.1, 0.15) is 0 Å². The fourth-order valence-electron chi connectivity index (χ4n) is 4.38. The van der Waals surface area contributed by atoms with Crippen molar-refractivity contribution in [2.24, 2.45) is 0 Å². The topological polar surface area (TPSA) is 71.1 Å². The molecule has 1 unspecified atom stereocenters. The summed E-state index contributed by atoms with van der Waals surface area (Å²) in [6.45, 7) is 5.19. The van der Waals surface area contributed by atoms with E-state index >= 15 is 0 Å². The Labute approximate surface area is 216 Å². The van der Waals surface area contributed by atoms with E-state index in [2.05, 4.69) is 52.0 Å². The molecule has 190 valence electrons. The smallest absolute Gasteiger partial charge is 0.337 e. The summed E-state index contributed by atoms with van der Waals surface area (Å²) in [7, 11) is 1.34. The van der Waals surface area contributed by atoms with Crippen LogP contribution in [-0.2, 0) is 9.47 Å². The van der Waals surface area contributed by atoms with E-state index in [-0.39, 0.29) is 11.9 Å². The molecule has 1 aliphatic rings. The van der Waals surface area contributed by atoms with Gasteiger partial charge in [-0.1, -0.05) is 42.5 Å². The number of methoxy groups -OCH3 is 1. The minimum atomic E-state index is -0.433. The van der Waals surface area contributed by atoms with Crippen molar-refractivity contribution in [3.63, 3.8) is 0 Å². The Kier molecular flexibility index (Phi) is 9.49. The number of anilines is 1. The van der Waals surface area contributed by atoms with Gasteiger partial charge in [0.05, 0.1) is 25.9 Å². The average Bonchev–Trinajstić information content (AvgIpc) is 3.46. The van der Waals surface area contributed by atoms with Gasteiger partial charge < -0.3 is 19.7 Å². The third kappa shape index (κ3) is 7.16. The Bertz CT molecular complexity index is 1100. The molecule has 2 amide bonds. The highest BCUT2D eigenvalue weighted by Crippen LogP contribution is 2.31. The number of carbonyl (C=O) groups excluding carboxylic acids is 2. The Morgan fingerprint density at radius 2 is 1.86 bits per heavy atom. The molecule has 0 radical (unpaired) electrons. The number of carbonyl (C=O) groups is 2. The summed E-state index contributed by atoms with van der Waals surface area (Å²) in [5.41, 5.74) is 2.22. The number of hydrogen-bond acceptors (Lipinski definition) is 6. The third-order valence-corrected chi connectivity index (χ3v) is 7.37. The fourth-order valence-corrected chi connectivity index (χ4v) is 5.27. The van der Waals surface area contributed by atoms with Gasteiger partial charge in [-0.15, -0.1) is 11.3 Å². The SMILES string of the molecule is COC(=O)c1cccc(NC(=O)N(CCC(c2ccccc2)c2cccs2)CCN2CCOCC2)c1. The zero-order valence-corrected chi connectivity index (χ0v) is 21.4. The van der Waals surface area contributed by atoms with E-state index in [0.717, 1.165) is 39.3 Å². The average molecular weight is 508 g/mol. The summed E-state index contributed by atoms with van der Waals surface area (Å²) in [6.07, 6.45) is 0.809. The summed E-state index contributed by atoms with van der Waals surface area (Å²) in [6, 6.07) is 21.4. The number of rotatable bonds is 10. The van der Waals surface area contributed by atoms with Crippen LogP contribution in [-0.4, -0.2) is 74.8 Å². The summed E-state index contributed by atoms with van der Waals surface area (Å²) in [5, 5.41) is 5.09. The second kappa shape index (κ2) is 13.2. The molecule has 2 heterocycles. The molecule has 0 saturated carbocycles. The summed E-state index contributed by atoms with van der Waals surface area (Å²) in [5.74, 6) is -0.218. The maximum Gasteiger partial charge on any atom is 0.337 e. The molecular formula is C28H33N3O4S. The highest BCUT2D eigenvalue weighted by molar-refractivity contribution is 7.10. The molecule has 0 spiro atoms. The number of urea groups is 1. The second-order valence-electron chi connectivity index (χ2n) is 8.71. The van der Waals surface area contributed by atoms with E-state index in [1.807, 2.05) is 11.0 Å². The molecule has 1 aliphatic heterocycles. The normalized spacial score (nSPS) is 14.7. The van der Waals surface area contributed by atoms with Crippen LogP contribution in [0.1, 0.15) is 33.1 Å². The number of thiophene rings is 1. The Morgan fingerprint density at radius 1 is 1.06 bits per heavy atom. The molecular weight excluding hydrogens is 474 g/mol. The van der Waals surface area contributed by atoms with Gasteiger partial charge in [0.2, 0.25) is 0 Å². The number of ether oxygens (including phenoxy) is 2. The van der Waals surface area contributed by atoms with Crippen LogP contribution in [0.15, 0.2) is 72.1 Å². The highest BCUT2D eigenvalue weighted by atomic mass is 32.1. The van der Waals surface area contributed by atoms with Gasteiger partial charge in [0.25, 0.3) is 0 Å². The molecule has 3 aromatic rings. The molecule has 1 fully saturated rings. The summed E-state index contributed by atoms with van der Waals surface area (Å²) < 4.78 is 10.3. The molecule has 2 aromatic carbocycles. The van der Waals surface area contributed by atoms with Gasteiger partial charge in [-0.3, -0.25) is 4.90 Å². The quantitative estimate of drug-likeness (QED) is 0.394. The van der Waals surface area contributed by atoms with Crippen LogP contribution in [0.2, 0.25) is 0 Å². The minimum absolute atomic E-state index is 0.178. The van der Waals surface area contributed by atoms with Crippen molar-refractivity contribution < 1.29 is 19.1 Å². The zero-order valence-electron chi connectivity index (χ0n) is 20.6. The molecule has 4 rings (SSSR count). The first-order chi connectivity index (χ1) is 17.6.